The smallest absolute Gasteiger partial charge is 0.298 e. The molecule has 1 saturated heterocycles. The summed E-state index contributed by atoms with van der Waals surface area (Å²) in [5.41, 5.74) is 0.382. The maximum atomic E-state index is 14.0. The summed E-state index contributed by atoms with van der Waals surface area (Å²) in [6.07, 6.45) is 0. The first-order valence-corrected chi connectivity index (χ1v) is 6.98. The van der Waals surface area contributed by atoms with E-state index < -0.39 is 24.1 Å². The van der Waals surface area contributed by atoms with Crippen LogP contribution in [0.4, 0.5) is 8.78 Å². The molecule has 0 spiro atoms. The Morgan fingerprint density at radius 1 is 1.43 bits per heavy atom. The number of hydrogen-bond donors (Lipinski definition) is 1. The molecule has 1 fully saturated rings. The Morgan fingerprint density at radius 3 is 2.71 bits per heavy atom. The van der Waals surface area contributed by atoms with Crippen LogP contribution in [0.1, 0.15) is 12.5 Å². The van der Waals surface area contributed by atoms with Crippen molar-refractivity contribution in [3.63, 3.8) is 0 Å². The predicted molar refractivity (Wildman–Crippen MR) is 78.6 cm³/mol. The van der Waals surface area contributed by atoms with Crippen LogP contribution >= 0.6 is 0 Å². The zero-order valence-corrected chi connectivity index (χ0v) is 12.1. The lowest BCUT2D eigenvalue weighted by atomic mass is 9.91. The molecule has 0 saturated carbocycles. The number of benzene rings is 1. The quantitative estimate of drug-likeness (QED) is 0.846. The summed E-state index contributed by atoms with van der Waals surface area (Å²) in [4.78, 5) is 1.66. The standard InChI is InChI=1S/C16H20F2N2O/c1-3-21-12(2)14-10-20(11-16(17,18)15(14)19)9-13-7-5-4-6-8-13/h4-8,14,19H,2-3,9-11H2,1H3. The first-order chi connectivity index (χ1) is 9.94. The summed E-state index contributed by atoms with van der Waals surface area (Å²) in [6, 6.07) is 9.48. The van der Waals surface area contributed by atoms with Gasteiger partial charge in [-0.1, -0.05) is 36.9 Å². The second-order valence-electron chi connectivity index (χ2n) is 5.23. The molecule has 5 heteroatoms. The van der Waals surface area contributed by atoms with Crippen LogP contribution in [0.5, 0.6) is 0 Å². The van der Waals surface area contributed by atoms with E-state index in [0.717, 1.165) is 5.56 Å². The zero-order valence-electron chi connectivity index (χ0n) is 12.1. The average Bonchev–Trinajstić information content (AvgIpc) is 2.43. The second kappa shape index (κ2) is 6.35. The lowest BCUT2D eigenvalue weighted by Gasteiger charge is -2.38. The van der Waals surface area contributed by atoms with Gasteiger partial charge < -0.3 is 10.1 Å². The normalized spacial score (nSPS) is 22.0. The number of likely N-dealkylation sites (tertiary alicyclic amines) is 1. The highest BCUT2D eigenvalue weighted by atomic mass is 19.3. The number of nitrogens with zero attached hydrogens (tertiary/aromatic N) is 1. The molecule has 0 aromatic heterocycles. The summed E-state index contributed by atoms with van der Waals surface area (Å²) in [5, 5.41) is 7.71. The summed E-state index contributed by atoms with van der Waals surface area (Å²) in [7, 11) is 0. The van der Waals surface area contributed by atoms with Crippen LogP contribution < -0.4 is 0 Å². The molecule has 1 aliphatic heterocycles. The van der Waals surface area contributed by atoms with Crippen molar-refractivity contribution in [1.82, 2.24) is 4.90 Å². The van der Waals surface area contributed by atoms with Gasteiger partial charge in [-0.05, 0) is 12.5 Å². The van der Waals surface area contributed by atoms with E-state index in [0.29, 0.717) is 19.7 Å². The average molecular weight is 294 g/mol. The molecule has 1 aliphatic rings. The van der Waals surface area contributed by atoms with Crippen LogP contribution in [0.3, 0.4) is 0 Å². The number of halogens is 2. The number of ether oxygens (including phenoxy) is 1. The molecule has 0 aliphatic carbocycles. The Morgan fingerprint density at radius 2 is 2.10 bits per heavy atom. The van der Waals surface area contributed by atoms with Gasteiger partial charge in [-0.3, -0.25) is 4.90 Å². The maximum absolute atomic E-state index is 14.0. The van der Waals surface area contributed by atoms with Crippen LogP contribution in [-0.2, 0) is 11.3 Å². The minimum absolute atomic E-state index is 0.250. The van der Waals surface area contributed by atoms with Crippen LogP contribution in [-0.4, -0.2) is 36.2 Å². The fraction of sp³-hybridized carbons (Fsp3) is 0.438. The molecule has 1 heterocycles. The van der Waals surface area contributed by atoms with Gasteiger partial charge in [-0.15, -0.1) is 0 Å². The van der Waals surface area contributed by atoms with Gasteiger partial charge in [0.25, 0.3) is 5.92 Å². The minimum Gasteiger partial charge on any atom is -0.498 e. The fourth-order valence-corrected chi connectivity index (χ4v) is 2.55. The number of rotatable bonds is 5. The van der Waals surface area contributed by atoms with Gasteiger partial charge in [0.15, 0.2) is 0 Å². The van der Waals surface area contributed by atoms with Crippen LogP contribution in [0.15, 0.2) is 42.7 Å². The third-order valence-electron chi connectivity index (χ3n) is 3.57. The lowest BCUT2D eigenvalue weighted by Crippen LogP contribution is -2.54. The van der Waals surface area contributed by atoms with Crippen LogP contribution in [0.2, 0.25) is 0 Å². The van der Waals surface area contributed by atoms with Gasteiger partial charge in [-0.2, -0.15) is 8.78 Å². The monoisotopic (exact) mass is 294 g/mol. The van der Waals surface area contributed by atoms with Crippen molar-refractivity contribution in [2.45, 2.75) is 19.4 Å². The Balaban J connectivity index is 2.13. The molecule has 2 rings (SSSR count). The summed E-state index contributed by atoms with van der Waals surface area (Å²) >= 11 is 0. The first-order valence-electron chi connectivity index (χ1n) is 6.98. The molecule has 1 aromatic rings. The van der Waals surface area contributed by atoms with Crippen molar-refractivity contribution in [2.75, 3.05) is 19.7 Å². The molecule has 114 valence electrons. The molecule has 0 bridgehead atoms. The fourth-order valence-electron chi connectivity index (χ4n) is 2.55. The molecule has 0 amide bonds. The number of alkyl halides is 2. The van der Waals surface area contributed by atoms with Crippen LogP contribution in [0.25, 0.3) is 0 Å². The number of nitrogens with one attached hydrogen (secondary N) is 1. The van der Waals surface area contributed by atoms with E-state index in [2.05, 4.69) is 6.58 Å². The van der Waals surface area contributed by atoms with E-state index in [1.165, 1.54) is 0 Å². The molecular formula is C16H20F2N2O. The Labute approximate surface area is 123 Å². The van der Waals surface area contributed by atoms with Crippen molar-refractivity contribution < 1.29 is 13.5 Å². The van der Waals surface area contributed by atoms with E-state index in [1.807, 2.05) is 30.3 Å². The number of piperidine rings is 1. The van der Waals surface area contributed by atoms with Gasteiger partial charge in [-0.25, -0.2) is 0 Å². The number of hydrogen-bond acceptors (Lipinski definition) is 3. The maximum Gasteiger partial charge on any atom is 0.298 e. The summed E-state index contributed by atoms with van der Waals surface area (Å²) < 4.78 is 33.3. The van der Waals surface area contributed by atoms with E-state index in [9.17, 15) is 8.78 Å². The Kier molecular flexibility index (Phi) is 4.73. The van der Waals surface area contributed by atoms with Crippen molar-refractivity contribution in [1.29, 1.82) is 5.41 Å². The molecule has 3 nitrogen and oxygen atoms in total. The molecule has 1 N–H and O–H groups in total. The summed E-state index contributed by atoms with van der Waals surface area (Å²) in [5.74, 6) is -3.64. The van der Waals surface area contributed by atoms with E-state index in [1.54, 1.807) is 11.8 Å². The SMILES string of the molecule is C=C(OCC)C1CN(Cc2ccccc2)CC(F)(F)C1=N. The molecule has 0 radical (unpaired) electrons. The third-order valence-corrected chi connectivity index (χ3v) is 3.57. The first kappa shape index (κ1) is 15.6. The lowest BCUT2D eigenvalue weighted by molar-refractivity contribution is -0.0000858. The van der Waals surface area contributed by atoms with Gasteiger partial charge >= 0.3 is 0 Å². The Hall–Kier alpha value is -1.75. The minimum atomic E-state index is -3.14. The highest BCUT2D eigenvalue weighted by Crippen LogP contribution is 2.31. The highest BCUT2D eigenvalue weighted by Gasteiger charge is 2.47. The molecule has 1 atom stereocenters. The third kappa shape index (κ3) is 3.67. The van der Waals surface area contributed by atoms with Gasteiger partial charge in [0.2, 0.25) is 0 Å². The zero-order chi connectivity index (χ0) is 15.5. The largest absolute Gasteiger partial charge is 0.498 e. The van der Waals surface area contributed by atoms with Crippen molar-refractivity contribution >= 4 is 5.71 Å². The predicted octanol–water partition coefficient (Wildman–Crippen LogP) is 3.32. The van der Waals surface area contributed by atoms with Crippen LogP contribution in [0, 0.1) is 11.3 Å². The van der Waals surface area contributed by atoms with Crippen molar-refractivity contribution in [3.05, 3.63) is 48.2 Å². The molecule has 21 heavy (non-hydrogen) atoms. The molecule has 1 unspecified atom stereocenters. The highest BCUT2D eigenvalue weighted by molar-refractivity contribution is 5.93. The van der Waals surface area contributed by atoms with E-state index >= 15 is 0 Å². The van der Waals surface area contributed by atoms with E-state index in [4.69, 9.17) is 10.1 Å². The van der Waals surface area contributed by atoms with E-state index in [-0.39, 0.29) is 5.76 Å². The topological polar surface area (TPSA) is 36.3 Å². The molecular weight excluding hydrogens is 274 g/mol. The summed E-state index contributed by atoms with van der Waals surface area (Å²) in [6.45, 7) is 6.18. The van der Waals surface area contributed by atoms with Gasteiger partial charge in [0.1, 0.15) is 0 Å². The second-order valence-corrected chi connectivity index (χ2v) is 5.23. The molecule has 1 aromatic carbocycles. The van der Waals surface area contributed by atoms with Gasteiger partial charge in [0, 0.05) is 13.1 Å². The Bertz CT molecular complexity index is 516. The van der Waals surface area contributed by atoms with Crippen molar-refractivity contribution in [3.8, 4) is 0 Å². The van der Waals surface area contributed by atoms with Crippen molar-refractivity contribution in [2.24, 2.45) is 5.92 Å². The van der Waals surface area contributed by atoms with Gasteiger partial charge in [0.05, 0.1) is 30.5 Å².